The van der Waals surface area contributed by atoms with Gasteiger partial charge in [0.25, 0.3) is 0 Å². The topological polar surface area (TPSA) is 62.7 Å². The molecule has 2 rings (SSSR count). The summed E-state index contributed by atoms with van der Waals surface area (Å²) in [5.74, 6) is 1.18. The Kier molecular flexibility index (Phi) is 9.52. The number of aryl methyl sites for hydroxylation is 1. The molecule has 0 fully saturated rings. The number of thioether (sulfide) groups is 1. The maximum Gasteiger partial charge on any atom is 0.229 e. The van der Waals surface area contributed by atoms with E-state index in [2.05, 4.69) is 50.9 Å². The molecule has 0 unspecified atom stereocenters. The Balaban J connectivity index is 2.14. The molecular weight excluding hydrogens is 402 g/mol. The van der Waals surface area contributed by atoms with Crippen LogP contribution >= 0.6 is 11.8 Å². The van der Waals surface area contributed by atoms with Crippen molar-refractivity contribution in [2.45, 2.75) is 32.6 Å². The van der Waals surface area contributed by atoms with E-state index in [4.69, 9.17) is 0 Å². The molecule has 0 bridgehead atoms. The van der Waals surface area contributed by atoms with Crippen molar-refractivity contribution in [2.75, 3.05) is 10.6 Å². The summed E-state index contributed by atoms with van der Waals surface area (Å²) in [6, 6.07) is 5.87. The van der Waals surface area contributed by atoms with E-state index >= 15 is 0 Å². The van der Waals surface area contributed by atoms with Crippen LogP contribution in [0.15, 0.2) is 107 Å². The maximum absolute atomic E-state index is 4.57. The van der Waals surface area contributed by atoms with Crippen LogP contribution in [0.4, 0.5) is 11.8 Å². The molecule has 0 radical (unpaired) electrons. The molecule has 5 nitrogen and oxygen atoms in total. The van der Waals surface area contributed by atoms with E-state index in [9.17, 15) is 0 Å². The average Bonchev–Trinajstić information content (AvgIpc) is 2.73. The van der Waals surface area contributed by atoms with Crippen molar-refractivity contribution in [3.8, 4) is 0 Å². The van der Waals surface area contributed by atoms with Crippen molar-refractivity contribution >= 4 is 23.5 Å². The molecule has 2 aromatic heterocycles. The number of nitrogens with zero attached hydrogens (tertiary/aromatic N) is 3. The van der Waals surface area contributed by atoms with Crippen LogP contribution in [0.5, 0.6) is 0 Å². The van der Waals surface area contributed by atoms with Crippen LogP contribution < -0.4 is 10.6 Å². The molecule has 6 heteroatoms. The number of pyridine rings is 1. The van der Waals surface area contributed by atoms with Crippen molar-refractivity contribution < 1.29 is 0 Å². The minimum absolute atomic E-state index is 0.505. The first-order valence-electron chi connectivity index (χ1n) is 9.92. The van der Waals surface area contributed by atoms with Crippen LogP contribution in [0.25, 0.3) is 0 Å². The summed E-state index contributed by atoms with van der Waals surface area (Å²) in [7, 11) is 0. The third kappa shape index (κ3) is 8.10. The molecule has 0 atom stereocenters. The van der Waals surface area contributed by atoms with Gasteiger partial charge >= 0.3 is 0 Å². The summed E-state index contributed by atoms with van der Waals surface area (Å²) in [4.78, 5) is 15.4. The average molecular weight is 432 g/mol. The molecule has 0 aliphatic heterocycles. The zero-order valence-corrected chi connectivity index (χ0v) is 19.3. The second-order valence-electron chi connectivity index (χ2n) is 6.61. The smallest absolute Gasteiger partial charge is 0.229 e. The van der Waals surface area contributed by atoms with E-state index in [0.29, 0.717) is 11.8 Å². The SMILES string of the molecule is C=C/C=C(\C=C/C)Nc1nc(C)cc(NC(=C)/C(C)=C\C(=C/C)Sc2ccncc2)n1. The van der Waals surface area contributed by atoms with Gasteiger partial charge in [0.05, 0.1) is 0 Å². The molecular formula is C25H29N5S. The minimum atomic E-state index is 0.505. The van der Waals surface area contributed by atoms with Crippen molar-refractivity contribution in [1.82, 2.24) is 15.0 Å². The lowest BCUT2D eigenvalue weighted by Gasteiger charge is -2.13. The largest absolute Gasteiger partial charge is 0.340 e. The van der Waals surface area contributed by atoms with E-state index in [0.717, 1.165) is 32.5 Å². The molecule has 0 saturated carbocycles. The number of nitrogens with one attached hydrogen (secondary N) is 2. The highest BCUT2D eigenvalue weighted by atomic mass is 32.2. The van der Waals surface area contributed by atoms with E-state index in [1.54, 1.807) is 30.2 Å². The van der Waals surface area contributed by atoms with E-state index < -0.39 is 0 Å². The summed E-state index contributed by atoms with van der Waals surface area (Å²) in [5.41, 5.74) is 3.49. The maximum atomic E-state index is 4.57. The molecule has 31 heavy (non-hydrogen) atoms. The van der Waals surface area contributed by atoms with Crippen LogP contribution in [-0.4, -0.2) is 15.0 Å². The standard InChI is InChI=1S/C25H29N5S/c1-7-10-21(11-8-2)29-25-27-19(5)17-24(30-25)28-20(6)18(4)16-22(9-3)31-23-12-14-26-15-13-23/h7-17H,1,6H2,2-5H3,(H2,27,28,29,30)/b11-8-,18-16-,21-10+,22-9+. The first-order chi connectivity index (χ1) is 14.9. The van der Waals surface area contributed by atoms with Crippen LogP contribution in [0.3, 0.4) is 0 Å². The molecule has 2 aromatic rings. The zero-order valence-electron chi connectivity index (χ0n) is 18.5. The summed E-state index contributed by atoms with van der Waals surface area (Å²) in [6.45, 7) is 15.9. The summed E-state index contributed by atoms with van der Waals surface area (Å²) in [6.07, 6.45) is 15.2. The van der Waals surface area contributed by atoms with Gasteiger partial charge < -0.3 is 10.6 Å². The molecule has 2 N–H and O–H groups in total. The third-order valence-corrected chi connectivity index (χ3v) is 5.13. The van der Waals surface area contributed by atoms with Crippen LogP contribution in [0.2, 0.25) is 0 Å². The molecule has 0 aromatic carbocycles. The fourth-order valence-electron chi connectivity index (χ4n) is 2.53. The van der Waals surface area contributed by atoms with Gasteiger partial charge in [-0.15, -0.1) is 0 Å². The Morgan fingerprint density at radius 2 is 1.87 bits per heavy atom. The highest BCUT2D eigenvalue weighted by Gasteiger charge is 2.06. The minimum Gasteiger partial charge on any atom is -0.340 e. The van der Waals surface area contributed by atoms with Gasteiger partial charge in [-0.05, 0) is 63.6 Å². The predicted octanol–water partition coefficient (Wildman–Crippen LogP) is 6.81. The Morgan fingerprint density at radius 3 is 2.52 bits per heavy atom. The fraction of sp³-hybridized carbons (Fsp3) is 0.160. The van der Waals surface area contributed by atoms with Crippen LogP contribution in [-0.2, 0) is 0 Å². The molecule has 160 valence electrons. The lowest BCUT2D eigenvalue weighted by molar-refractivity contribution is 1.09. The first-order valence-corrected chi connectivity index (χ1v) is 10.7. The number of hydrogen-bond acceptors (Lipinski definition) is 6. The van der Waals surface area contributed by atoms with Crippen molar-refractivity contribution in [2.24, 2.45) is 0 Å². The second-order valence-corrected chi connectivity index (χ2v) is 7.75. The van der Waals surface area contributed by atoms with Crippen LogP contribution in [0, 0.1) is 6.92 Å². The Labute approximate surface area is 189 Å². The predicted molar refractivity (Wildman–Crippen MR) is 134 cm³/mol. The molecule has 0 aliphatic carbocycles. The Hall–Kier alpha value is -3.38. The number of allylic oxidation sites excluding steroid dienone is 7. The number of anilines is 2. The van der Waals surface area contributed by atoms with Gasteiger partial charge in [-0.1, -0.05) is 43.1 Å². The molecule has 0 aliphatic rings. The summed E-state index contributed by atoms with van der Waals surface area (Å²) < 4.78 is 0. The van der Waals surface area contributed by atoms with Crippen molar-refractivity contribution in [3.63, 3.8) is 0 Å². The van der Waals surface area contributed by atoms with Gasteiger partial charge in [0, 0.05) is 45.3 Å². The van der Waals surface area contributed by atoms with E-state index in [1.165, 1.54) is 0 Å². The molecule has 0 saturated heterocycles. The lowest BCUT2D eigenvalue weighted by atomic mass is 10.2. The van der Waals surface area contributed by atoms with Gasteiger partial charge in [0.15, 0.2) is 0 Å². The number of hydrogen-bond donors (Lipinski definition) is 2. The van der Waals surface area contributed by atoms with E-state index in [-0.39, 0.29) is 0 Å². The highest BCUT2D eigenvalue weighted by Crippen LogP contribution is 2.28. The van der Waals surface area contributed by atoms with Gasteiger partial charge in [0.1, 0.15) is 5.82 Å². The van der Waals surface area contributed by atoms with E-state index in [1.807, 2.05) is 64.1 Å². The number of aromatic nitrogens is 3. The molecule has 0 spiro atoms. The van der Waals surface area contributed by atoms with Crippen molar-refractivity contribution in [1.29, 1.82) is 0 Å². The summed E-state index contributed by atoms with van der Waals surface area (Å²) in [5, 5.41) is 6.51. The molecule has 2 heterocycles. The summed E-state index contributed by atoms with van der Waals surface area (Å²) >= 11 is 1.68. The third-order valence-electron chi connectivity index (χ3n) is 4.04. The highest BCUT2D eigenvalue weighted by molar-refractivity contribution is 8.03. The van der Waals surface area contributed by atoms with Crippen LogP contribution in [0.1, 0.15) is 26.5 Å². The van der Waals surface area contributed by atoms with Gasteiger partial charge in [-0.3, -0.25) is 4.98 Å². The fourth-order valence-corrected chi connectivity index (χ4v) is 3.41. The zero-order chi connectivity index (χ0) is 22.6. The molecule has 0 amide bonds. The monoisotopic (exact) mass is 431 g/mol. The van der Waals surface area contributed by atoms with Crippen molar-refractivity contribution in [3.05, 3.63) is 108 Å². The van der Waals surface area contributed by atoms with Gasteiger partial charge in [-0.2, -0.15) is 4.98 Å². The lowest BCUT2D eigenvalue weighted by Crippen LogP contribution is -2.07. The Morgan fingerprint density at radius 1 is 1.13 bits per heavy atom. The first kappa shape index (κ1) is 23.9. The quantitative estimate of drug-likeness (QED) is 0.318. The van der Waals surface area contributed by atoms with Gasteiger partial charge in [-0.25, -0.2) is 4.98 Å². The normalized spacial score (nSPS) is 12.7. The number of rotatable bonds is 10. The second kappa shape index (κ2) is 12.3. The Bertz CT molecular complexity index is 1030. The van der Waals surface area contributed by atoms with Gasteiger partial charge in [0.2, 0.25) is 5.95 Å².